The summed E-state index contributed by atoms with van der Waals surface area (Å²) in [7, 11) is -3.37. The SMILES string of the molecule is O=S(=O)(CCCSc1ccc2nccn2n1)Nc1ccc(Cl)cc1. The van der Waals surface area contributed by atoms with Crippen LogP contribution in [0.2, 0.25) is 5.02 Å². The zero-order valence-electron chi connectivity index (χ0n) is 12.6. The van der Waals surface area contributed by atoms with Gasteiger partial charge in [0, 0.05) is 28.9 Å². The van der Waals surface area contributed by atoms with Crippen molar-refractivity contribution in [2.24, 2.45) is 0 Å². The molecule has 0 spiro atoms. The molecule has 0 radical (unpaired) electrons. The maximum Gasteiger partial charge on any atom is 0.232 e. The van der Waals surface area contributed by atoms with E-state index in [0.29, 0.717) is 22.9 Å². The molecule has 0 fully saturated rings. The maximum absolute atomic E-state index is 12.1. The Kier molecular flexibility index (Phi) is 5.27. The number of anilines is 1. The zero-order valence-corrected chi connectivity index (χ0v) is 15.0. The number of thioether (sulfide) groups is 1. The Bertz CT molecular complexity index is 926. The average Bonchev–Trinajstić information content (AvgIpc) is 3.01. The van der Waals surface area contributed by atoms with Gasteiger partial charge in [-0.3, -0.25) is 4.72 Å². The van der Waals surface area contributed by atoms with Gasteiger partial charge in [0.15, 0.2) is 5.65 Å². The molecule has 2 heterocycles. The Morgan fingerprint density at radius 2 is 1.96 bits per heavy atom. The molecule has 126 valence electrons. The van der Waals surface area contributed by atoms with E-state index in [1.54, 1.807) is 41.2 Å². The molecular formula is C15H15ClN4O2S2. The van der Waals surface area contributed by atoms with E-state index in [0.717, 1.165) is 10.7 Å². The van der Waals surface area contributed by atoms with Crippen LogP contribution in [0.25, 0.3) is 5.65 Å². The number of rotatable bonds is 7. The highest BCUT2D eigenvalue weighted by atomic mass is 35.5. The Balaban J connectivity index is 1.48. The standard InChI is InChI=1S/C15H15ClN4O2S2/c16-12-2-4-13(5-3-12)19-24(21,22)11-1-10-23-15-7-6-14-17-8-9-20(14)18-15/h2-9,19H,1,10-11H2. The molecule has 1 N–H and O–H groups in total. The molecule has 24 heavy (non-hydrogen) atoms. The van der Waals surface area contributed by atoms with Crippen LogP contribution in [-0.2, 0) is 10.0 Å². The van der Waals surface area contributed by atoms with Gasteiger partial charge in [0.1, 0.15) is 5.03 Å². The van der Waals surface area contributed by atoms with E-state index in [2.05, 4.69) is 14.8 Å². The third-order valence-corrected chi connectivity index (χ3v) is 5.79. The van der Waals surface area contributed by atoms with E-state index in [1.165, 1.54) is 11.8 Å². The van der Waals surface area contributed by atoms with Crippen LogP contribution in [0.1, 0.15) is 6.42 Å². The number of nitrogens with one attached hydrogen (secondary N) is 1. The van der Waals surface area contributed by atoms with E-state index in [4.69, 9.17) is 11.6 Å². The fourth-order valence-electron chi connectivity index (χ4n) is 2.05. The number of nitrogens with zero attached hydrogens (tertiary/aromatic N) is 3. The van der Waals surface area contributed by atoms with Crippen molar-refractivity contribution in [3.8, 4) is 0 Å². The van der Waals surface area contributed by atoms with Gasteiger partial charge < -0.3 is 0 Å². The average molecular weight is 383 g/mol. The number of aromatic nitrogens is 3. The normalized spacial score (nSPS) is 11.7. The lowest BCUT2D eigenvalue weighted by molar-refractivity contribution is 0.600. The predicted molar refractivity (Wildman–Crippen MR) is 97.2 cm³/mol. The second-order valence-corrected chi connectivity index (χ2v) is 8.42. The van der Waals surface area contributed by atoms with E-state index < -0.39 is 10.0 Å². The van der Waals surface area contributed by atoms with Crippen molar-refractivity contribution in [1.82, 2.24) is 14.6 Å². The van der Waals surface area contributed by atoms with E-state index >= 15 is 0 Å². The lowest BCUT2D eigenvalue weighted by atomic mass is 10.3. The highest BCUT2D eigenvalue weighted by Gasteiger charge is 2.10. The number of benzene rings is 1. The number of hydrogen-bond acceptors (Lipinski definition) is 5. The molecule has 0 aliphatic carbocycles. The lowest BCUT2D eigenvalue weighted by Crippen LogP contribution is -2.17. The van der Waals surface area contributed by atoms with Crippen LogP contribution in [0, 0.1) is 0 Å². The lowest BCUT2D eigenvalue weighted by Gasteiger charge is -2.08. The van der Waals surface area contributed by atoms with Gasteiger partial charge in [-0.1, -0.05) is 11.6 Å². The Morgan fingerprint density at radius 3 is 2.75 bits per heavy atom. The summed E-state index contributed by atoms with van der Waals surface area (Å²) in [6.07, 6.45) is 3.99. The summed E-state index contributed by atoms with van der Waals surface area (Å²) in [6, 6.07) is 10.3. The summed E-state index contributed by atoms with van der Waals surface area (Å²) in [5.74, 6) is 0.713. The predicted octanol–water partition coefficient (Wildman–Crippen LogP) is 3.31. The van der Waals surface area contributed by atoms with Crippen molar-refractivity contribution in [2.75, 3.05) is 16.2 Å². The molecule has 3 aromatic rings. The minimum atomic E-state index is -3.37. The molecule has 0 bridgehead atoms. The highest BCUT2D eigenvalue weighted by Crippen LogP contribution is 2.18. The smallest absolute Gasteiger partial charge is 0.232 e. The summed E-state index contributed by atoms with van der Waals surface area (Å²) in [4.78, 5) is 4.13. The molecule has 6 nitrogen and oxygen atoms in total. The minimum absolute atomic E-state index is 0.0515. The number of fused-ring (bicyclic) bond motifs is 1. The van der Waals surface area contributed by atoms with Crippen molar-refractivity contribution in [3.05, 3.63) is 53.8 Å². The number of sulfonamides is 1. The van der Waals surface area contributed by atoms with Gasteiger partial charge in [-0.15, -0.1) is 11.8 Å². The quantitative estimate of drug-likeness (QED) is 0.501. The molecule has 1 aromatic carbocycles. The van der Waals surface area contributed by atoms with Crippen LogP contribution in [-0.4, -0.2) is 34.5 Å². The van der Waals surface area contributed by atoms with Gasteiger partial charge in [-0.2, -0.15) is 5.10 Å². The molecule has 0 saturated heterocycles. The first-order valence-corrected chi connectivity index (χ1v) is 10.2. The first-order chi connectivity index (χ1) is 11.5. The second-order valence-electron chi connectivity index (χ2n) is 5.03. The monoisotopic (exact) mass is 382 g/mol. The molecule has 9 heteroatoms. The molecule has 0 aliphatic heterocycles. The summed E-state index contributed by atoms with van der Waals surface area (Å²) in [5, 5.41) is 5.79. The highest BCUT2D eigenvalue weighted by molar-refractivity contribution is 7.99. The van der Waals surface area contributed by atoms with Crippen molar-refractivity contribution in [2.45, 2.75) is 11.4 Å². The molecule has 2 aromatic heterocycles. The van der Waals surface area contributed by atoms with Crippen molar-refractivity contribution < 1.29 is 8.42 Å². The van der Waals surface area contributed by atoms with Gasteiger partial charge in [-0.25, -0.2) is 17.9 Å². The summed E-state index contributed by atoms with van der Waals surface area (Å²) in [6.45, 7) is 0. The van der Waals surface area contributed by atoms with Crippen molar-refractivity contribution in [1.29, 1.82) is 0 Å². The van der Waals surface area contributed by atoms with Crippen LogP contribution in [0.4, 0.5) is 5.69 Å². The first-order valence-electron chi connectivity index (χ1n) is 7.21. The third kappa shape index (κ3) is 4.62. The van der Waals surface area contributed by atoms with Crippen LogP contribution < -0.4 is 4.72 Å². The summed E-state index contributed by atoms with van der Waals surface area (Å²) < 4.78 is 28.3. The zero-order chi connectivity index (χ0) is 17.0. The summed E-state index contributed by atoms with van der Waals surface area (Å²) >= 11 is 7.30. The van der Waals surface area contributed by atoms with Crippen molar-refractivity contribution >= 4 is 44.7 Å². The van der Waals surface area contributed by atoms with Crippen LogP contribution in [0.3, 0.4) is 0 Å². The molecule has 0 amide bonds. The fraction of sp³-hybridized carbons (Fsp3) is 0.200. The number of imidazole rings is 1. The largest absolute Gasteiger partial charge is 0.284 e. The first kappa shape index (κ1) is 17.1. The molecule has 0 aliphatic rings. The van der Waals surface area contributed by atoms with Gasteiger partial charge >= 0.3 is 0 Å². The van der Waals surface area contributed by atoms with Gasteiger partial charge in [0.2, 0.25) is 10.0 Å². The molecule has 0 unspecified atom stereocenters. The second kappa shape index (κ2) is 7.42. The Morgan fingerprint density at radius 1 is 1.17 bits per heavy atom. The molecule has 0 atom stereocenters. The number of halogens is 1. The summed E-state index contributed by atoms with van der Waals surface area (Å²) in [5.41, 5.74) is 1.30. The Labute approximate surface area is 149 Å². The van der Waals surface area contributed by atoms with E-state index in [-0.39, 0.29) is 5.75 Å². The topological polar surface area (TPSA) is 76.4 Å². The van der Waals surface area contributed by atoms with Crippen molar-refractivity contribution in [3.63, 3.8) is 0 Å². The van der Waals surface area contributed by atoms with Gasteiger partial charge in [0.25, 0.3) is 0 Å². The van der Waals surface area contributed by atoms with E-state index in [9.17, 15) is 8.42 Å². The third-order valence-electron chi connectivity index (χ3n) is 3.16. The van der Waals surface area contributed by atoms with Crippen LogP contribution >= 0.6 is 23.4 Å². The van der Waals surface area contributed by atoms with Crippen LogP contribution in [0.5, 0.6) is 0 Å². The fourth-order valence-corrected chi connectivity index (χ4v) is 4.29. The molecule has 0 saturated carbocycles. The van der Waals surface area contributed by atoms with Gasteiger partial charge in [-0.05, 0) is 42.8 Å². The minimum Gasteiger partial charge on any atom is -0.284 e. The van der Waals surface area contributed by atoms with Crippen LogP contribution in [0.15, 0.2) is 53.8 Å². The number of hydrogen-bond donors (Lipinski definition) is 1. The molecular weight excluding hydrogens is 368 g/mol. The maximum atomic E-state index is 12.1. The Hall–Kier alpha value is -1.77. The molecule has 3 rings (SSSR count). The van der Waals surface area contributed by atoms with Gasteiger partial charge in [0.05, 0.1) is 5.75 Å². The van der Waals surface area contributed by atoms with E-state index in [1.807, 2.05) is 12.1 Å².